The highest BCUT2D eigenvalue weighted by Crippen LogP contribution is 2.23. The SMILES string of the molecule is O=C(COc1ccc(OCc2ccccc2)cc1)OCc1csc(-c2ccccc2)n1. The van der Waals surface area contributed by atoms with Gasteiger partial charge < -0.3 is 14.2 Å². The van der Waals surface area contributed by atoms with E-state index in [0.29, 0.717) is 12.4 Å². The molecule has 0 atom stereocenters. The molecule has 0 spiro atoms. The number of hydrogen-bond acceptors (Lipinski definition) is 6. The topological polar surface area (TPSA) is 57.7 Å². The molecule has 0 N–H and O–H groups in total. The van der Waals surface area contributed by atoms with Gasteiger partial charge in [0.25, 0.3) is 0 Å². The smallest absolute Gasteiger partial charge is 0.344 e. The first-order valence-corrected chi connectivity index (χ1v) is 10.7. The summed E-state index contributed by atoms with van der Waals surface area (Å²) in [4.78, 5) is 16.5. The van der Waals surface area contributed by atoms with Crippen molar-refractivity contribution in [2.45, 2.75) is 13.2 Å². The molecule has 0 amide bonds. The number of esters is 1. The van der Waals surface area contributed by atoms with Crippen LogP contribution >= 0.6 is 11.3 Å². The minimum Gasteiger partial charge on any atom is -0.489 e. The van der Waals surface area contributed by atoms with E-state index >= 15 is 0 Å². The van der Waals surface area contributed by atoms with Crippen LogP contribution in [0.3, 0.4) is 0 Å². The molecule has 0 unspecified atom stereocenters. The maximum atomic E-state index is 12.0. The third-order valence-corrected chi connectivity index (χ3v) is 5.32. The zero-order chi connectivity index (χ0) is 21.3. The monoisotopic (exact) mass is 431 g/mol. The summed E-state index contributed by atoms with van der Waals surface area (Å²) in [6.45, 7) is 0.452. The third-order valence-electron chi connectivity index (χ3n) is 4.38. The summed E-state index contributed by atoms with van der Waals surface area (Å²) in [6, 6.07) is 27.0. The minimum absolute atomic E-state index is 0.123. The van der Waals surface area contributed by atoms with Gasteiger partial charge in [0.1, 0.15) is 29.7 Å². The van der Waals surface area contributed by atoms with Crippen molar-refractivity contribution < 1.29 is 19.0 Å². The number of rotatable bonds is 9. The summed E-state index contributed by atoms with van der Waals surface area (Å²) in [5.41, 5.74) is 2.86. The third kappa shape index (κ3) is 6.17. The van der Waals surface area contributed by atoms with Crippen molar-refractivity contribution in [3.63, 3.8) is 0 Å². The highest BCUT2D eigenvalue weighted by Gasteiger charge is 2.09. The molecule has 0 fully saturated rings. The van der Waals surface area contributed by atoms with E-state index in [2.05, 4.69) is 4.98 Å². The molecule has 5 nitrogen and oxygen atoms in total. The second-order valence-corrected chi connectivity index (χ2v) is 7.56. The number of carbonyl (C=O) groups excluding carboxylic acids is 1. The van der Waals surface area contributed by atoms with Crippen LogP contribution in [-0.4, -0.2) is 17.6 Å². The minimum atomic E-state index is -0.446. The quantitative estimate of drug-likeness (QED) is 0.327. The van der Waals surface area contributed by atoms with Crippen LogP contribution in [-0.2, 0) is 22.7 Å². The molecule has 0 radical (unpaired) electrons. The Morgan fingerprint density at radius 1 is 0.774 bits per heavy atom. The molecule has 1 aromatic heterocycles. The van der Waals surface area contributed by atoms with Crippen LogP contribution in [0.4, 0.5) is 0 Å². The van der Waals surface area contributed by atoms with Crippen molar-refractivity contribution in [3.05, 3.63) is 102 Å². The van der Waals surface area contributed by atoms with E-state index in [1.54, 1.807) is 12.1 Å². The number of nitrogens with zero attached hydrogens (tertiary/aromatic N) is 1. The molecule has 3 aromatic carbocycles. The van der Waals surface area contributed by atoms with Crippen LogP contribution < -0.4 is 9.47 Å². The van der Waals surface area contributed by atoms with Crippen molar-refractivity contribution in [1.29, 1.82) is 0 Å². The number of thiazole rings is 1. The van der Waals surface area contributed by atoms with E-state index in [1.165, 1.54) is 11.3 Å². The van der Waals surface area contributed by atoms with Gasteiger partial charge in [-0.25, -0.2) is 9.78 Å². The molecule has 1 heterocycles. The van der Waals surface area contributed by atoms with Crippen LogP contribution in [0.25, 0.3) is 10.6 Å². The number of aromatic nitrogens is 1. The fraction of sp³-hybridized carbons (Fsp3) is 0.120. The van der Waals surface area contributed by atoms with Gasteiger partial charge in [-0.15, -0.1) is 11.3 Å². The molecule has 156 valence electrons. The number of ether oxygens (including phenoxy) is 3. The summed E-state index contributed by atoms with van der Waals surface area (Å²) in [5.74, 6) is 0.860. The van der Waals surface area contributed by atoms with Crippen LogP contribution in [0, 0.1) is 0 Å². The van der Waals surface area contributed by atoms with Crippen LogP contribution in [0.1, 0.15) is 11.3 Å². The molecular formula is C25H21NO4S. The van der Waals surface area contributed by atoms with E-state index in [-0.39, 0.29) is 13.2 Å². The zero-order valence-electron chi connectivity index (χ0n) is 16.8. The lowest BCUT2D eigenvalue weighted by molar-refractivity contribution is -0.147. The molecular weight excluding hydrogens is 410 g/mol. The molecule has 4 rings (SSSR count). The lowest BCUT2D eigenvalue weighted by atomic mass is 10.2. The molecule has 0 aliphatic carbocycles. The number of hydrogen-bond donors (Lipinski definition) is 0. The van der Waals surface area contributed by atoms with Gasteiger partial charge in [-0.1, -0.05) is 60.7 Å². The maximum Gasteiger partial charge on any atom is 0.344 e. The van der Waals surface area contributed by atoms with Gasteiger partial charge in [-0.05, 0) is 29.8 Å². The van der Waals surface area contributed by atoms with Crippen molar-refractivity contribution in [2.24, 2.45) is 0 Å². The Balaban J connectivity index is 1.20. The van der Waals surface area contributed by atoms with Gasteiger partial charge in [0.15, 0.2) is 6.61 Å². The Kier molecular flexibility index (Phi) is 6.92. The van der Waals surface area contributed by atoms with Crippen molar-refractivity contribution >= 4 is 17.3 Å². The summed E-state index contributed by atoms with van der Waals surface area (Å²) >= 11 is 1.52. The van der Waals surface area contributed by atoms with E-state index in [1.807, 2.05) is 78.2 Å². The molecule has 0 saturated heterocycles. The molecule has 0 aliphatic rings. The van der Waals surface area contributed by atoms with Gasteiger partial charge in [0.05, 0.1) is 5.69 Å². The number of carbonyl (C=O) groups is 1. The zero-order valence-corrected chi connectivity index (χ0v) is 17.6. The molecule has 31 heavy (non-hydrogen) atoms. The Morgan fingerprint density at radius 3 is 2.13 bits per heavy atom. The molecule has 0 saturated carbocycles. The van der Waals surface area contributed by atoms with Crippen LogP contribution in [0.5, 0.6) is 11.5 Å². The average Bonchev–Trinajstić information content (AvgIpc) is 3.31. The van der Waals surface area contributed by atoms with Gasteiger partial charge in [-0.3, -0.25) is 0 Å². The van der Waals surface area contributed by atoms with Gasteiger partial charge in [-0.2, -0.15) is 0 Å². The van der Waals surface area contributed by atoms with E-state index in [9.17, 15) is 4.79 Å². The van der Waals surface area contributed by atoms with Crippen molar-refractivity contribution in [3.8, 4) is 22.1 Å². The highest BCUT2D eigenvalue weighted by atomic mass is 32.1. The fourth-order valence-corrected chi connectivity index (χ4v) is 3.61. The lowest BCUT2D eigenvalue weighted by Gasteiger charge is -2.09. The molecule has 6 heteroatoms. The largest absolute Gasteiger partial charge is 0.489 e. The molecule has 4 aromatic rings. The Labute approximate surface area is 184 Å². The summed E-state index contributed by atoms with van der Waals surface area (Å²) in [5, 5.41) is 2.79. The van der Waals surface area contributed by atoms with Crippen LogP contribution in [0.2, 0.25) is 0 Å². The second kappa shape index (κ2) is 10.4. The van der Waals surface area contributed by atoms with E-state index in [0.717, 1.165) is 27.6 Å². The summed E-state index contributed by atoms with van der Waals surface area (Å²) in [6.07, 6.45) is 0. The molecule has 0 aliphatic heterocycles. The van der Waals surface area contributed by atoms with Crippen molar-refractivity contribution in [2.75, 3.05) is 6.61 Å². The first-order valence-electron chi connectivity index (χ1n) is 9.81. The van der Waals surface area contributed by atoms with Crippen molar-refractivity contribution in [1.82, 2.24) is 4.98 Å². The standard InChI is InChI=1S/C25H21NO4S/c27-24(30-16-21-18-31-25(26-21)20-9-5-2-6-10-20)17-29-23-13-11-22(12-14-23)28-15-19-7-3-1-4-8-19/h1-14,18H,15-17H2. The first-order chi connectivity index (χ1) is 15.3. The Hall–Kier alpha value is -3.64. The van der Waals surface area contributed by atoms with Gasteiger partial charge >= 0.3 is 5.97 Å². The van der Waals surface area contributed by atoms with Gasteiger partial charge in [0.2, 0.25) is 0 Å². The van der Waals surface area contributed by atoms with Gasteiger partial charge in [0, 0.05) is 10.9 Å². The van der Waals surface area contributed by atoms with E-state index < -0.39 is 5.97 Å². The Bertz CT molecular complexity index is 1100. The first kappa shape index (κ1) is 20.6. The summed E-state index contributed by atoms with van der Waals surface area (Å²) < 4.78 is 16.5. The Morgan fingerprint density at radius 2 is 1.42 bits per heavy atom. The van der Waals surface area contributed by atoms with E-state index in [4.69, 9.17) is 14.2 Å². The fourth-order valence-electron chi connectivity index (χ4n) is 2.80. The highest BCUT2D eigenvalue weighted by molar-refractivity contribution is 7.13. The number of benzene rings is 3. The average molecular weight is 432 g/mol. The van der Waals surface area contributed by atoms with Crippen LogP contribution in [0.15, 0.2) is 90.3 Å². The maximum absolute atomic E-state index is 12.0. The predicted octanol–water partition coefficient (Wildman–Crippen LogP) is 5.51. The predicted molar refractivity (Wildman–Crippen MR) is 120 cm³/mol. The second-order valence-electron chi connectivity index (χ2n) is 6.71. The lowest BCUT2D eigenvalue weighted by Crippen LogP contribution is -2.14. The normalized spacial score (nSPS) is 10.5. The molecule has 0 bridgehead atoms. The summed E-state index contributed by atoms with van der Waals surface area (Å²) in [7, 11) is 0.